The van der Waals surface area contributed by atoms with Gasteiger partial charge in [0.1, 0.15) is 29.9 Å². The molecule has 3 aliphatic rings. The van der Waals surface area contributed by atoms with Gasteiger partial charge in [-0.05, 0) is 42.9 Å². The zero-order chi connectivity index (χ0) is 37.0. The fourth-order valence-electron chi connectivity index (χ4n) is 8.18. The number of rotatable bonds is 17. The Labute approximate surface area is 303 Å². The van der Waals surface area contributed by atoms with Crippen LogP contribution in [0.25, 0.3) is 11.0 Å². The second-order valence-electron chi connectivity index (χ2n) is 14.0. The van der Waals surface area contributed by atoms with Gasteiger partial charge in [-0.1, -0.05) is 80.1 Å². The summed E-state index contributed by atoms with van der Waals surface area (Å²) in [5.74, 6) is -3.81. The lowest BCUT2D eigenvalue weighted by molar-refractivity contribution is -0.161. The lowest BCUT2D eigenvalue weighted by Gasteiger charge is -2.40. The summed E-state index contributed by atoms with van der Waals surface area (Å²) in [6.45, 7) is 11.3. The molecular formula is C39H48N6O7. The van der Waals surface area contributed by atoms with Crippen LogP contribution in [0.4, 0.5) is 0 Å². The van der Waals surface area contributed by atoms with Crippen LogP contribution in [0.3, 0.4) is 0 Å². The second-order valence-corrected chi connectivity index (χ2v) is 14.0. The molecule has 3 fully saturated rings. The van der Waals surface area contributed by atoms with E-state index in [1.807, 2.05) is 68.4 Å². The molecule has 0 aliphatic carbocycles. The monoisotopic (exact) mass is 712 g/mol. The van der Waals surface area contributed by atoms with Crippen LogP contribution in [0.5, 0.6) is 0 Å². The van der Waals surface area contributed by atoms with Gasteiger partial charge in [-0.3, -0.25) is 19.2 Å². The number of aliphatic hydroxyl groups excluding tert-OH is 1. The molecule has 4 heterocycles. The van der Waals surface area contributed by atoms with E-state index in [1.54, 1.807) is 21.7 Å². The third kappa shape index (κ3) is 6.74. The highest BCUT2D eigenvalue weighted by molar-refractivity contribution is 5.98. The molecule has 3 aromatic rings. The number of hydrogen-bond donors (Lipinski definition) is 2. The first-order valence-electron chi connectivity index (χ1n) is 18.1. The number of carbonyl (C=O) groups excluding carboxylic acids is 4. The fraction of sp³-hybridized carbons (Fsp3) is 0.487. The quantitative estimate of drug-likeness (QED) is 0.158. The number of fused-ring (bicyclic) bond motifs is 2. The maximum absolute atomic E-state index is 15.0. The van der Waals surface area contributed by atoms with Crippen LogP contribution in [0.15, 0.2) is 79.9 Å². The van der Waals surface area contributed by atoms with Crippen LogP contribution in [-0.2, 0) is 35.3 Å². The van der Waals surface area contributed by atoms with E-state index in [0.29, 0.717) is 36.8 Å². The molecule has 8 atom stereocenters. The lowest BCUT2D eigenvalue weighted by atomic mass is 9.70. The van der Waals surface area contributed by atoms with Crippen molar-refractivity contribution < 1.29 is 33.8 Å². The van der Waals surface area contributed by atoms with Crippen molar-refractivity contribution in [2.24, 2.45) is 17.8 Å². The number of aliphatic hydroxyl groups is 1. The summed E-state index contributed by atoms with van der Waals surface area (Å²) < 4.78 is 14.5. The number of allylic oxidation sites excluding steroid dienone is 1. The first kappa shape index (κ1) is 36.9. The van der Waals surface area contributed by atoms with Crippen LogP contribution < -0.4 is 5.32 Å². The van der Waals surface area contributed by atoms with Crippen LogP contribution in [-0.4, -0.2) is 97.1 Å². The predicted octanol–water partition coefficient (Wildman–Crippen LogP) is 3.55. The minimum absolute atomic E-state index is 0.0317. The Morgan fingerprint density at radius 2 is 1.90 bits per heavy atom. The van der Waals surface area contributed by atoms with Gasteiger partial charge in [0.15, 0.2) is 0 Å². The summed E-state index contributed by atoms with van der Waals surface area (Å²) in [5, 5.41) is 22.1. The van der Waals surface area contributed by atoms with E-state index in [1.165, 1.54) is 4.90 Å². The van der Waals surface area contributed by atoms with E-state index >= 15 is 0 Å². The van der Waals surface area contributed by atoms with E-state index in [9.17, 15) is 24.3 Å². The number of para-hydroxylation sites is 1. The van der Waals surface area contributed by atoms with E-state index in [2.05, 4.69) is 28.8 Å². The van der Waals surface area contributed by atoms with Crippen molar-refractivity contribution in [2.45, 2.75) is 82.5 Å². The van der Waals surface area contributed by atoms with Gasteiger partial charge in [0, 0.05) is 13.0 Å². The third-order valence-electron chi connectivity index (χ3n) is 11.0. The third-order valence-corrected chi connectivity index (χ3v) is 11.0. The normalized spacial score (nSPS) is 25.0. The lowest BCUT2D eigenvalue weighted by Crippen LogP contribution is -2.60. The number of esters is 1. The molecule has 1 aromatic heterocycles. The molecule has 6 rings (SSSR count). The maximum atomic E-state index is 15.0. The average molecular weight is 713 g/mol. The fourth-order valence-corrected chi connectivity index (χ4v) is 8.18. The van der Waals surface area contributed by atoms with Gasteiger partial charge >= 0.3 is 5.97 Å². The Morgan fingerprint density at radius 3 is 2.62 bits per heavy atom. The number of carbonyl (C=O) groups is 4. The number of nitrogens with zero attached hydrogens (tertiary/aromatic N) is 5. The van der Waals surface area contributed by atoms with Crippen LogP contribution in [0.2, 0.25) is 0 Å². The molecule has 2 N–H and O–H groups in total. The van der Waals surface area contributed by atoms with Gasteiger partial charge in [-0.25, -0.2) is 4.68 Å². The summed E-state index contributed by atoms with van der Waals surface area (Å²) in [7, 11) is 0. The second kappa shape index (κ2) is 15.8. The number of likely N-dealkylation sites (tertiary alicyclic amines) is 1. The highest BCUT2D eigenvalue weighted by atomic mass is 16.6. The minimum Gasteiger partial charge on any atom is -0.455 e. The smallest absolute Gasteiger partial charge is 0.313 e. The molecule has 52 heavy (non-hydrogen) atoms. The molecular weight excluding hydrogens is 664 g/mol. The molecule has 3 saturated heterocycles. The maximum Gasteiger partial charge on any atom is 0.313 e. The number of hydrogen-bond acceptors (Lipinski definition) is 9. The molecule has 3 amide bonds. The Hall–Kier alpha value is -4.88. The number of ether oxygens (including phenoxy) is 2. The summed E-state index contributed by atoms with van der Waals surface area (Å²) in [4.78, 5) is 59.7. The van der Waals surface area contributed by atoms with E-state index in [-0.39, 0.29) is 44.6 Å². The molecule has 2 aromatic carbocycles. The zero-order valence-electron chi connectivity index (χ0n) is 29.8. The van der Waals surface area contributed by atoms with Crippen molar-refractivity contribution in [3.63, 3.8) is 0 Å². The van der Waals surface area contributed by atoms with E-state index in [0.717, 1.165) is 5.52 Å². The number of aromatic nitrogens is 3. The molecule has 0 unspecified atom stereocenters. The van der Waals surface area contributed by atoms with Crippen molar-refractivity contribution in [3.05, 3.63) is 85.5 Å². The van der Waals surface area contributed by atoms with Crippen molar-refractivity contribution in [3.8, 4) is 0 Å². The largest absolute Gasteiger partial charge is 0.455 e. The first-order valence-corrected chi connectivity index (χ1v) is 18.1. The van der Waals surface area contributed by atoms with Gasteiger partial charge in [-0.15, -0.1) is 18.3 Å². The standard InChI is InChI=1S/C39H48N6O7/c1-5-8-18-32(47)40-22-31(26-14-10-9-11-15-26)51-38(50)33-30-19-20-39(52-30)34(33)36(48)45(29(23-46)25(4)7-3)35(39)37(49)43(21-6-2)24-44-28-17-13-12-16-27(28)41-42-44/h5-6,9-17,25,29-31,33-35,46H,1-2,7-8,18-24H2,3-4H3,(H,40,47)/t25-,29-,30-,31+,33+,34+,35-,39+/m0/s1. The van der Waals surface area contributed by atoms with Crippen molar-refractivity contribution in [1.29, 1.82) is 0 Å². The number of amides is 3. The molecule has 13 heteroatoms. The molecule has 276 valence electrons. The summed E-state index contributed by atoms with van der Waals surface area (Å²) in [5.41, 5.74) is 0.766. The van der Waals surface area contributed by atoms with Gasteiger partial charge in [-0.2, -0.15) is 0 Å². The highest BCUT2D eigenvalue weighted by Gasteiger charge is 2.76. The number of nitrogens with one attached hydrogen (secondary N) is 1. The first-order chi connectivity index (χ1) is 25.2. The Kier molecular flexibility index (Phi) is 11.2. The SMILES string of the molecule is C=CCCC(=O)NC[C@@H](OC(=O)[C@@H]1[C@@H]2CC[C@]3(O2)[C@H](C(=O)N(CC=C)Cn2nnc4ccccc42)N([C@@H](CO)[C@@H](C)CC)C(=O)[C@@H]13)c1ccccc1. The molecule has 3 aliphatic heterocycles. The van der Waals surface area contributed by atoms with E-state index < -0.39 is 59.5 Å². The van der Waals surface area contributed by atoms with Crippen LogP contribution in [0, 0.1) is 17.8 Å². The zero-order valence-corrected chi connectivity index (χ0v) is 29.8. The van der Waals surface area contributed by atoms with Gasteiger partial charge < -0.3 is 29.7 Å². The van der Waals surface area contributed by atoms with E-state index in [4.69, 9.17) is 9.47 Å². The highest BCUT2D eigenvalue weighted by Crippen LogP contribution is 2.59. The molecule has 0 saturated carbocycles. The van der Waals surface area contributed by atoms with Crippen LogP contribution >= 0.6 is 0 Å². The van der Waals surface area contributed by atoms with Crippen molar-refractivity contribution >= 4 is 34.7 Å². The van der Waals surface area contributed by atoms with Crippen molar-refractivity contribution in [2.75, 3.05) is 19.7 Å². The topological polar surface area (TPSA) is 156 Å². The predicted molar refractivity (Wildman–Crippen MR) is 192 cm³/mol. The molecule has 2 bridgehead atoms. The summed E-state index contributed by atoms with van der Waals surface area (Å²) in [6, 6.07) is 14.7. The molecule has 13 nitrogen and oxygen atoms in total. The summed E-state index contributed by atoms with van der Waals surface area (Å²) in [6.07, 6.45) is 4.01. The minimum atomic E-state index is -1.32. The summed E-state index contributed by atoms with van der Waals surface area (Å²) >= 11 is 0. The molecule has 0 radical (unpaired) electrons. The Morgan fingerprint density at radius 1 is 1.15 bits per heavy atom. The Bertz CT molecular complexity index is 1800. The van der Waals surface area contributed by atoms with Crippen molar-refractivity contribution in [1.82, 2.24) is 30.1 Å². The van der Waals surface area contributed by atoms with Crippen LogP contribution in [0.1, 0.15) is 57.6 Å². The average Bonchev–Trinajstić information content (AvgIpc) is 3.92. The van der Waals surface area contributed by atoms with Gasteiger partial charge in [0.05, 0.1) is 42.6 Å². The van der Waals surface area contributed by atoms with Gasteiger partial charge in [0.2, 0.25) is 17.7 Å². The Balaban J connectivity index is 1.33. The molecule has 1 spiro atoms. The van der Waals surface area contributed by atoms with Gasteiger partial charge in [0.25, 0.3) is 0 Å². The number of benzene rings is 2.